The average Bonchev–Trinajstić information content (AvgIpc) is 3.62. The number of unbranched alkanes of at least 4 members (excludes halogenated alkanes) is 23. The van der Waals surface area contributed by atoms with Crippen LogP contribution < -0.4 is 0 Å². The smallest absolute Gasteiger partial charge is 0.308 e. The zero-order chi connectivity index (χ0) is 34.5. The summed E-state index contributed by atoms with van der Waals surface area (Å²) >= 11 is 0. The summed E-state index contributed by atoms with van der Waals surface area (Å²) in [6.07, 6.45) is 33.2. The number of nitrogens with zero attached hydrogens (tertiary/aromatic N) is 2. The molecule has 2 heterocycles. The van der Waals surface area contributed by atoms with E-state index in [0.29, 0.717) is 13.1 Å². The van der Waals surface area contributed by atoms with Crippen LogP contribution in [0.1, 0.15) is 187 Å². The van der Waals surface area contributed by atoms with E-state index >= 15 is 0 Å². The van der Waals surface area contributed by atoms with Crippen molar-refractivity contribution in [2.75, 3.05) is 26.2 Å². The van der Waals surface area contributed by atoms with E-state index in [1.54, 1.807) is 9.80 Å². The molecule has 2 atom stereocenters. The van der Waals surface area contributed by atoms with Gasteiger partial charge >= 0.3 is 11.9 Å². The highest BCUT2D eigenvalue weighted by molar-refractivity contribution is 5.86. The Labute approximate surface area is 287 Å². The van der Waals surface area contributed by atoms with Gasteiger partial charge in [0.05, 0.1) is 11.8 Å². The summed E-state index contributed by atoms with van der Waals surface area (Å²) in [5.41, 5.74) is 0. The summed E-state index contributed by atoms with van der Waals surface area (Å²) in [5, 5.41) is 17.9. The fourth-order valence-electron chi connectivity index (χ4n) is 6.77. The molecule has 2 unspecified atom stereocenters. The molecule has 8 heteroatoms. The summed E-state index contributed by atoms with van der Waals surface area (Å²) in [4.78, 5) is 48.6. The minimum atomic E-state index is -0.840. The Kier molecular flexibility index (Phi) is 26.3. The third-order valence-electron chi connectivity index (χ3n) is 9.94. The molecule has 2 fully saturated rings. The van der Waals surface area contributed by atoms with Gasteiger partial charge in [0.15, 0.2) is 0 Å². The van der Waals surface area contributed by atoms with Gasteiger partial charge in [-0.15, -0.1) is 0 Å². The zero-order valence-electron chi connectivity index (χ0n) is 30.5. The molecule has 0 aromatic carbocycles. The zero-order valence-corrected chi connectivity index (χ0v) is 30.5. The number of hydrogen-bond acceptors (Lipinski definition) is 4. The largest absolute Gasteiger partial charge is 0.481 e. The molecular weight excluding hydrogens is 592 g/mol. The number of likely N-dealkylation sites (tertiary alicyclic amines) is 2. The first-order valence-electron chi connectivity index (χ1n) is 19.8. The Morgan fingerprint density at radius 3 is 0.915 bits per heavy atom. The number of carbonyl (C=O) groups excluding carboxylic acids is 2. The van der Waals surface area contributed by atoms with Crippen LogP contribution >= 0.6 is 0 Å². The third kappa shape index (κ3) is 22.2. The van der Waals surface area contributed by atoms with Crippen LogP contribution in [0.3, 0.4) is 0 Å². The molecule has 0 spiro atoms. The van der Waals surface area contributed by atoms with Gasteiger partial charge in [-0.25, -0.2) is 0 Å². The summed E-state index contributed by atoms with van der Waals surface area (Å²) < 4.78 is 0. The summed E-state index contributed by atoms with van der Waals surface area (Å²) in [7, 11) is 0. The highest BCUT2D eigenvalue weighted by atomic mass is 16.4. The van der Waals surface area contributed by atoms with Gasteiger partial charge in [0.2, 0.25) is 11.8 Å². The second-order valence-corrected chi connectivity index (χ2v) is 14.3. The lowest BCUT2D eigenvalue weighted by Gasteiger charge is -2.15. The van der Waals surface area contributed by atoms with Crippen molar-refractivity contribution in [1.29, 1.82) is 0 Å². The Morgan fingerprint density at radius 1 is 0.468 bits per heavy atom. The molecule has 47 heavy (non-hydrogen) atoms. The van der Waals surface area contributed by atoms with Crippen LogP contribution in [-0.2, 0) is 19.2 Å². The number of carboxylic acids is 2. The van der Waals surface area contributed by atoms with Crippen molar-refractivity contribution >= 4 is 23.8 Å². The van der Waals surface area contributed by atoms with Crippen LogP contribution in [0.5, 0.6) is 0 Å². The molecule has 2 amide bonds. The molecule has 2 aliphatic rings. The Hall–Kier alpha value is -2.12. The third-order valence-corrected chi connectivity index (χ3v) is 9.94. The predicted octanol–water partition coefficient (Wildman–Crippen LogP) is 9.63. The molecule has 0 bridgehead atoms. The molecule has 0 aromatic rings. The molecule has 0 aromatic heterocycles. The van der Waals surface area contributed by atoms with Gasteiger partial charge in [0.1, 0.15) is 0 Å². The fraction of sp³-hybridized carbons (Fsp3) is 0.897. The topological polar surface area (TPSA) is 115 Å². The lowest BCUT2D eigenvalue weighted by atomic mass is 10.0. The van der Waals surface area contributed by atoms with Crippen molar-refractivity contribution in [3.05, 3.63) is 0 Å². The van der Waals surface area contributed by atoms with Crippen LogP contribution in [0, 0.1) is 11.8 Å². The number of aliphatic carboxylic acids is 2. The van der Waals surface area contributed by atoms with Crippen LogP contribution in [-0.4, -0.2) is 69.9 Å². The number of carbonyl (C=O) groups is 4. The monoisotopic (exact) mass is 665 g/mol. The quantitative estimate of drug-likeness (QED) is 0.0770. The lowest BCUT2D eigenvalue weighted by molar-refractivity contribution is -0.142. The van der Waals surface area contributed by atoms with E-state index in [-0.39, 0.29) is 24.7 Å². The molecule has 2 N–H and O–H groups in total. The van der Waals surface area contributed by atoms with Crippen LogP contribution in [0.2, 0.25) is 0 Å². The number of carboxylic acid groups (broad SMARTS) is 2. The highest BCUT2D eigenvalue weighted by Gasteiger charge is 2.34. The molecule has 0 radical (unpaired) electrons. The van der Waals surface area contributed by atoms with Crippen molar-refractivity contribution in [3.63, 3.8) is 0 Å². The van der Waals surface area contributed by atoms with E-state index < -0.39 is 23.8 Å². The van der Waals surface area contributed by atoms with E-state index in [0.717, 1.165) is 38.8 Å². The SMILES string of the molecule is CCCCCCCCCCCCCCCCCCN1CC(C(=O)O)CC1=O.CCCCCCCCCCCN1CC(C(=O)O)CC1=O. The summed E-state index contributed by atoms with van der Waals surface area (Å²) in [6, 6.07) is 0. The van der Waals surface area contributed by atoms with Crippen molar-refractivity contribution < 1.29 is 29.4 Å². The number of hydrogen-bond donors (Lipinski definition) is 2. The van der Waals surface area contributed by atoms with E-state index in [1.807, 2.05) is 0 Å². The van der Waals surface area contributed by atoms with E-state index in [2.05, 4.69) is 13.8 Å². The maximum atomic E-state index is 11.7. The van der Waals surface area contributed by atoms with Gasteiger partial charge in [0.25, 0.3) is 0 Å². The molecule has 0 aliphatic carbocycles. The van der Waals surface area contributed by atoms with Gasteiger partial charge in [-0.2, -0.15) is 0 Å². The minimum Gasteiger partial charge on any atom is -0.481 e. The molecule has 2 rings (SSSR count). The molecule has 2 aliphatic heterocycles. The molecule has 0 saturated carbocycles. The van der Waals surface area contributed by atoms with Gasteiger partial charge in [-0.1, -0.05) is 162 Å². The van der Waals surface area contributed by atoms with E-state index in [4.69, 9.17) is 10.2 Å². The van der Waals surface area contributed by atoms with E-state index in [1.165, 1.54) is 135 Å². The van der Waals surface area contributed by atoms with Gasteiger partial charge in [-0.05, 0) is 12.8 Å². The van der Waals surface area contributed by atoms with Crippen LogP contribution in [0.25, 0.3) is 0 Å². The van der Waals surface area contributed by atoms with Crippen molar-refractivity contribution in [3.8, 4) is 0 Å². The molecule has 274 valence electrons. The van der Waals surface area contributed by atoms with Crippen molar-refractivity contribution in [1.82, 2.24) is 9.80 Å². The van der Waals surface area contributed by atoms with Crippen molar-refractivity contribution in [2.45, 2.75) is 187 Å². The maximum absolute atomic E-state index is 11.7. The van der Waals surface area contributed by atoms with E-state index in [9.17, 15) is 19.2 Å². The second kappa shape index (κ2) is 28.9. The number of amides is 2. The molecule has 2 saturated heterocycles. The fourth-order valence-corrected chi connectivity index (χ4v) is 6.77. The van der Waals surface area contributed by atoms with Crippen LogP contribution in [0.15, 0.2) is 0 Å². The average molecular weight is 665 g/mol. The first-order valence-corrected chi connectivity index (χ1v) is 19.8. The summed E-state index contributed by atoms with van der Waals surface area (Å²) in [5.74, 6) is -2.62. The normalized spacial score (nSPS) is 17.7. The molecule has 8 nitrogen and oxygen atoms in total. The van der Waals surface area contributed by atoms with Gasteiger partial charge in [0, 0.05) is 39.0 Å². The van der Waals surface area contributed by atoms with Crippen molar-refractivity contribution in [2.24, 2.45) is 11.8 Å². The summed E-state index contributed by atoms with van der Waals surface area (Å²) in [6.45, 7) is 6.79. The predicted molar refractivity (Wildman–Crippen MR) is 191 cm³/mol. The standard InChI is InChI=1S/C23H43NO3.C16H29NO3/c1-2-3-4-5-6-7-8-9-10-11-12-13-14-15-16-17-18-24-20-21(23(26)27)19-22(24)25;1-2-3-4-5-6-7-8-9-10-11-17-13-14(16(19)20)12-15(17)18/h21H,2-20H2,1H3,(H,26,27);14H,2-13H2,1H3,(H,19,20). The number of rotatable bonds is 29. The first kappa shape index (κ1) is 42.9. The van der Waals surface area contributed by atoms with Gasteiger partial charge in [-0.3, -0.25) is 19.2 Å². The van der Waals surface area contributed by atoms with Crippen LogP contribution in [0.4, 0.5) is 0 Å². The lowest BCUT2D eigenvalue weighted by Crippen LogP contribution is -2.27. The minimum absolute atomic E-state index is 0.0111. The Morgan fingerprint density at radius 2 is 0.702 bits per heavy atom. The Bertz CT molecular complexity index is 834. The molecular formula is C39H72N2O6. The van der Waals surface area contributed by atoms with Gasteiger partial charge < -0.3 is 20.0 Å². The second-order valence-electron chi connectivity index (χ2n) is 14.3. The first-order chi connectivity index (χ1) is 22.8. The maximum Gasteiger partial charge on any atom is 0.308 e. The highest BCUT2D eigenvalue weighted by Crippen LogP contribution is 2.20. The Balaban J connectivity index is 0.000000491.